The lowest BCUT2D eigenvalue weighted by Gasteiger charge is -2.28. The van der Waals surface area contributed by atoms with Crippen molar-refractivity contribution in [3.63, 3.8) is 0 Å². The second kappa shape index (κ2) is 11.8. The van der Waals surface area contributed by atoms with Crippen molar-refractivity contribution >= 4 is 23.6 Å². The van der Waals surface area contributed by atoms with Gasteiger partial charge in [0.25, 0.3) is 0 Å². The normalized spacial score (nSPS) is 18.5. The van der Waals surface area contributed by atoms with Gasteiger partial charge in [0, 0.05) is 33.3 Å². The van der Waals surface area contributed by atoms with E-state index in [9.17, 15) is 13.6 Å². The first-order chi connectivity index (χ1) is 16.5. The van der Waals surface area contributed by atoms with Crippen LogP contribution in [0, 0.1) is 0 Å². The predicted octanol–water partition coefficient (Wildman–Crippen LogP) is 2.65. The molecule has 1 atom stereocenters. The molecule has 12 heteroatoms. The highest BCUT2D eigenvalue weighted by molar-refractivity contribution is 7.99. The minimum atomic E-state index is -2.86. The maximum absolute atomic E-state index is 12.8. The Balaban J connectivity index is 1.36. The summed E-state index contributed by atoms with van der Waals surface area (Å²) in [6.07, 6.45) is 2.15. The topological polar surface area (TPSA) is 82.0 Å². The zero-order valence-corrected chi connectivity index (χ0v) is 19.9. The third kappa shape index (κ3) is 6.57. The van der Waals surface area contributed by atoms with Crippen LogP contribution in [-0.4, -0.2) is 84.0 Å². The quantitative estimate of drug-likeness (QED) is 0.464. The van der Waals surface area contributed by atoms with Gasteiger partial charge in [0.05, 0.1) is 31.6 Å². The van der Waals surface area contributed by atoms with E-state index >= 15 is 0 Å². The molecule has 3 heterocycles. The molecule has 1 aromatic heterocycles. The summed E-state index contributed by atoms with van der Waals surface area (Å²) in [5.74, 6) is 1.01. The van der Waals surface area contributed by atoms with E-state index in [1.807, 2.05) is 0 Å². The maximum atomic E-state index is 12.8. The summed E-state index contributed by atoms with van der Waals surface area (Å²) < 4.78 is 42.3. The third-order valence-electron chi connectivity index (χ3n) is 5.72. The zero-order valence-electron chi connectivity index (χ0n) is 19.1. The Morgan fingerprint density at radius 1 is 1.24 bits per heavy atom. The van der Waals surface area contributed by atoms with Crippen molar-refractivity contribution in [3.05, 3.63) is 29.8 Å². The van der Waals surface area contributed by atoms with Crippen LogP contribution in [0.1, 0.15) is 18.4 Å². The molecule has 0 radical (unpaired) electrons. The van der Waals surface area contributed by atoms with Crippen molar-refractivity contribution in [2.24, 2.45) is 0 Å². The molecule has 2 aromatic rings. The largest absolute Gasteiger partial charge is 0.435 e. The molecule has 0 spiro atoms. The number of alkyl halides is 2. The van der Waals surface area contributed by atoms with Crippen LogP contribution in [-0.2, 0) is 27.4 Å². The predicted molar refractivity (Wildman–Crippen MR) is 122 cm³/mol. The van der Waals surface area contributed by atoms with Crippen LogP contribution in [0.25, 0.3) is 0 Å². The monoisotopic (exact) mass is 497 g/mol. The summed E-state index contributed by atoms with van der Waals surface area (Å²) in [6.45, 7) is 1.70. The van der Waals surface area contributed by atoms with Crippen molar-refractivity contribution in [3.8, 4) is 5.75 Å². The average molecular weight is 498 g/mol. The molecule has 34 heavy (non-hydrogen) atoms. The lowest BCUT2D eigenvalue weighted by Crippen LogP contribution is -2.38. The molecule has 2 fully saturated rings. The number of morpholine rings is 1. The van der Waals surface area contributed by atoms with Gasteiger partial charge in [-0.25, -0.2) is 0 Å². The summed E-state index contributed by atoms with van der Waals surface area (Å²) in [5.41, 5.74) is 0.818. The number of hydrogen-bond donors (Lipinski definition) is 0. The Bertz CT molecular complexity index is 934. The lowest BCUT2D eigenvalue weighted by atomic mass is 10.2. The zero-order chi connectivity index (χ0) is 23.9. The number of anilines is 1. The van der Waals surface area contributed by atoms with Crippen LogP contribution >= 0.6 is 11.8 Å². The molecule has 2 saturated heterocycles. The Kier molecular flexibility index (Phi) is 8.57. The number of hydrogen-bond acceptors (Lipinski definition) is 8. The van der Waals surface area contributed by atoms with Gasteiger partial charge in [0.15, 0.2) is 5.16 Å². The van der Waals surface area contributed by atoms with Gasteiger partial charge in [-0.3, -0.25) is 9.36 Å². The fourth-order valence-electron chi connectivity index (χ4n) is 3.91. The second-order valence-electron chi connectivity index (χ2n) is 8.19. The number of carbonyl (C=O) groups excluding carboxylic acids is 1. The van der Waals surface area contributed by atoms with Gasteiger partial charge in [0.2, 0.25) is 11.9 Å². The molecule has 1 aromatic carbocycles. The lowest BCUT2D eigenvalue weighted by molar-refractivity contribution is -0.127. The molecular formula is C22H29F2N5O4S. The second-order valence-corrected chi connectivity index (χ2v) is 9.13. The number of rotatable bonds is 10. The average Bonchev–Trinajstić information content (AvgIpc) is 3.49. The standard InChI is InChI=1S/C22H29F2N5O4S/c1-27(13-16-4-6-17(7-5-16)33-20(23)24)19(30)15-34-22-26-25-21(28-8-11-31-12-9-28)29(22)14-18-3-2-10-32-18/h4-7,18,20H,2-3,8-15H2,1H3. The fraction of sp³-hybridized carbons (Fsp3) is 0.591. The van der Waals surface area contributed by atoms with Gasteiger partial charge in [-0.2, -0.15) is 8.78 Å². The fourth-order valence-corrected chi connectivity index (χ4v) is 4.80. The molecule has 0 bridgehead atoms. The van der Waals surface area contributed by atoms with Gasteiger partial charge >= 0.3 is 6.61 Å². The summed E-state index contributed by atoms with van der Waals surface area (Å²) in [6, 6.07) is 6.27. The molecule has 1 unspecified atom stereocenters. The van der Waals surface area contributed by atoms with E-state index in [2.05, 4.69) is 24.4 Å². The Morgan fingerprint density at radius 3 is 2.68 bits per heavy atom. The molecule has 0 saturated carbocycles. The van der Waals surface area contributed by atoms with E-state index < -0.39 is 6.61 Å². The van der Waals surface area contributed by atoms with Gasteiger partial charge in [-0.1, -0.05) is 23.9 Å². The molecule has 0 aliphatic carbocycles. The maximum Gasteiger partial charge on any atom is 0.387 e. The van der Waals surface area contributed by atoms with Crippen LogP contribution < -0.4 is 9.64 Å². The number of ether oxygens (including phenoxy) is 3. The number of carbonyl (C=O) groups is 1. The van der Waals surface area contributed by atoms with Crippen LogP contribution in [0.15, 0.2) is 29.4 Å². The number of amides is 1. The van der Waals surface area contributed by atoms with Crippen LogP contribution in [0.4, 0.5) is 14.7 Å². The van der Waals surface area contributed by atoms with Gasteiger partial charge in [-0.15, -0.1) is 10.2 Å². The van der Waals surface area contributed by atoms with Crippen molar-refractivity contribution in [2.45, 2.75) is 43.8 Å². The van der Waals surface area contributed by atoms with Crippen molar-refractivity contribution in [1.82, 2.24) is 19.7 Å². The number of nitrogens with zero attached hydrogens (tertiary/aromatic N) is 5. The van der Waals surface area contributed by atoms with E-state index in [0.29, 0.717) is 31.5 Å². The summed E-state index contributed by atoms with van der Waals surface area (Å²) in [7, 11) is 1.71. The highest BCUT2D eigenvalue weighted by atomic mass is 32.2. The Hall–Kier alpha value is -2.44. The first kappa shape index (κ1) is 24.7. The van der Waals surface area contributed by atoms with E-state index in [1.165, 1.54) is 23.9 Å². The number of aromatic nitrogens is 3. The molecular weight excluding hydrogens is 468 g/mol. The first-order valence-electron chi connectivity index (χ1n) is 11.3. The molecule has 2 aliphatic rings. The summed E-state index contributed by atoms with van der Waals surface area (Å²) >= 11 is 1.35. The van der Waals surface area contributed by atoms with Gasteiger partial charge < -0.3 is 24.0 Å². The smallest absolute Gasteiger partial charge is 0.387 e. The SMILES string of the molecule is CN(Cc1ccc(OC(F)F)cc1)C(=O)CSc1nnc(N2CCOCC2)n1CC1CCCO1. The van der Waals surface area contributed by atoms with Gasteiger partial charge in [-0.05, 0) is 30.5 Å². The molecule has 186 valence electrons. The molecule has 4 rings (SSSR count). The molecule has 1 amide bonds. The Labute approximate surface area is 201 Å². The Morgan fingerprint density at radius 2 is 2.00 bits per heavy atom. The minimum Gasteiger partial charge on any atom is -0.435 e. The van der Waals surface area contributed by atoms with Crippen molar-refractivity contribution in [1.29, 1.82) is 0 Å². The minimum absolute atomic E-state index is 0.0718. The van der Waals surface area contributed by atoms with Crippen LogP contribution in [0.3, 0.4) is 0 Å². The van der Waals surface area contributed by atoms with Crippen LogP contribution in [0.2, 0.25) is 0 Å². The van der Waals surface area contributed by atoms with Crippen LogP contribution in [0.5, 0.6) is 5.75 Å². The number of thioether (sulfide) groups is 1. The third-order valence-corrected chi connectivity index (χ3v) is 6.67. The summed E-state index contributed by atoms with van der Waals surface area (Å²) in [4.78, 5) is 16.5. The van der Waals surface area contributed by atoms with Gasteiger partial charge in [0.1, 0.15) is 5.75 Å². The molecule has 9 nitrogen and oxygen atoms in total. The van der Waals surface area contributed by atoms with Crippen molar-refractivity contribution < 1.29 is 27.8 Å². The summed E-state index contributed by atoms with van der Waals surface area (Å²) in [5, 5.41) is 9.48. The van der Waals surface area contributed by atoms with E-state index in [0.717, 1.165) is 44.0 Å². The molecule has 0 N–H and O–H groups in total. The first-order valence-corrected chi connectivity index (χ1v) is 12.3. The number of benzene rings is 1. The number of halogens is 2. The highest BCUT2D eigenvalue weighted by Gasteiger charge is 2.25. The van der Waals surface area contributed by atoms with Crippen molar-refractivity contribution in [2.75, 3.05) is 50.6 Å². The van der Waals surface area contributed by atoms with E-state index in [-0.39, 0.29) is 23.5 Å². The highest BCUT2D eigenvalue weighted by Crippen LogP contribution is 2.26. The molecule has 2 aliphatic heterocycles. The van der Waals surface area contributed by atoms with E-state index in [4.69, 9.17) is 9.47 Å². The van der Waals surface area contributed by atoms with E-state index in [1.54, 1.807) is 24.1 Å².